The highest BCUT2D eigenvalue weighted by molar-refractivity contribution is 6.02. The minimum Gasteiger partial charge on any atom is -0.319 e. The van der Waals surface area contributed by atoms with Crippen molar-refractivity contribution in [3.63, 3.8) is 0 Å². The number of nitro groups is 1. The van der Waals surface area contributed by atoms with Gasteiger partial charge in [-0.1, -0.05) is 48.5 Å². The topological polar surface area (TPSA) is 103 Å². The molecule has 0 radical (unpaired) electrons. The second-order valence-corrected chi connectivity index (χ2v) is 6.64. The summed E-state index contributed by atoms with van der Waals surface area (Å²) in [5.41, 5.74) is 2.81. The van der Waals surface area contributed by atoms with Crippen molar-refractivity contribution in [2.45, 2.75) is 6.92 Å². The van der Waals surface area contributed by atoms with E-state index in [9.17, 15) is 14.9 Å². The van der Waals surface area contributed by atoms with Crippen molar-refractivity contribution in [1.29, 1.82) is 0 Å². The first-order chi connectivity index (χ1) is 14.5. The molecule has 0 aliphatic carbocycles. The number of hydrogen-bond acceptors (Lipinski definition) is 5. The van der Waals surface area contributed by atoms with E-state index in [0.717, 1.165) is 16.8 Å². The third-order valence-electron chi connectivity index (χ3n) is 4.40. The minimum absolute atomic E-state index is 0.0399. The first-order valence-corrected chi connectivity index (χ1v) is 9.16. The van der Waals surface area contributed by atoms with Gasteiger partial charge in [-0.15, -0.1) is 5.10 Å². The molecule has 0 saturated heterocycles. The Labute approximate surface area is 172 Å². The first kappa shape index (κ1) is 19.0. The number of aryl methyl sites for hydroxylation is 1. The van der Waals surface area contributed by atoms with Gasteiger partial charge in [0.25, 0.3) is 11.6 Å². The molecule has 1 N–H and O–H groups in total. The van der Waals surface area contributed by atoms with Crippen LogP contribution in [0.5, 0.6) is 0 Å². The van der Waals surface area contributed by atoms with E-state index in [1.54, 1.807) is 10.7 Å². The number of aromatic nitrogens is 3. The van der Waals surface area contributed by atoms with Gasteiger partial charge in [-0.25, -0.2) is 9.67 Å². The molecule has 8 heteroatoms. The molecule has 8 nitrogen and oxygen atoms in total. The number of hydrogen-bond donors (Lipinski definition) is 1. The number of anilines is 1. The summed E-state index contributed by atoms with van der Waals surface area (Å²) < 4.78 is 1.62. The van der Waals surface area contributed by atoms with Crippen LogP contribution in [0.15, 0.2) is 78.9 Å². The third kappa shape index (κ3) is 3.93. The van der Waals surface area contributed by atoms with Crippen LogP contribution in [-0.4, -0.2) is 25.6 Å². The smallest absolute Gasteiger partial charge is 0.295 e. The van der Waals surface area contributed by atoms with Gasteiger partial charge in [-0.3, -0.25) is 14.9 Å². The SMILES string of the molecule is Cc1cccc(-n2nc(C(=O)Nc3cccc([N+](=O)[O-])c3)nc2-c2ccccc2)c1. The lowest BCUT2D eigenvalue weighted by atomic mass is 10.2. The quantitative estimate of drug-likeness (QED) is 0.396. The van der Waals surface area contributed by atoms with Crippen molar-refractivity contribution in [2.75, 3.05) is 5.32 Å². The third-order valence-corrected chi connectivity index (χ3v) is 4.40. The van der Waals surface area contributed by atoms with E-state index in [4.69, 9.17) is 0 Å². The van der Waals surface area contributed by atoms with Gasteiger partial charge in [0.1, 0.15) is 0 Å². The molecule has 0 saturated carbocycles. The molecule has 0 atom stereocenters. The Balaban J connectivity index is 1.73. The van der Waals surface area contributed by atoms with Crippen LogP contribution in [0.1, 0.15) is 16.2 Å². The summed E-state index contributed by atoms with van der Waals surface area (Å²) in [4.78, 5) is 27.7. The Kier molecular flexibility index (Phi) is 5.04. The van der Waals surface area contributed by atoms with Gasteiger partial charge in [-0.2, -0.15) is 0 Å². The van der Waals surface area contributed by atoms with Gasteiger partial charge in [0, 0.05) is 23.4 Å². The van der Waals surface area contributed by atoms with Gasteiger partial charge < -0.3 is 5.32 Å². The van der Waals surface area contributed by atoms with Gasteiger partial charge in [0.05, 0.1) is 10.6 Å². The van der Waals surface area contributed by atoms with E-state index >= 15 is 0 Å². The number of benzene rings is 3. The monoisotopic (exact) mass is 399 g/mol. The highest BCUT2D eigenvalue weighted by atomic mass is 16.6. The van der Waals surface area contributed by atoms with Crippen LogP contribution in [0.25, 0.3) is 17.1 Å². The number of nitrogens with zero attached hydrogens (tertiary/aromatic N) is 4. The highest BCUT2D eigenvalue weighted by Gasteiger charge is 2.19. The molecule has 0 fully saturated rings. The minimum atomic E-state index is -0.556. The van der Waals surface area contributed by atoms with Crippen LogP contribution in [-0.2, 0) is 0 Å². The number of carbonyl (C=O) groups excluding carboxylic acids is 1. The van der Waals surface area contributed by atoms with Crippen molar-refractivity contribution in [1.82, 2.24) is 14.8 Å². The molecular formula is C22H17N5O3. The largest absolute Gasteiger partial charge is 0.319 e. The average Bonchev–Trinajstić information content (AvgIpc) is 3.20. The van der Waals surface area contributed by atoms with E-state index in [1.165, 1.54) is 18.2 Å². The van der Waals surface area contributed by atoms with E-state index in [-0.39, 0.29) is 11.5 Å². The Morgan fingerprint density at radius 1 is 1.00 bits per heavy atom. The highest BCUT2D eigenvalue weighted by Crippen LogP contribution is 2.23. The summed E-state index contributed by atoms with van der Waals surface area (Å²) in [5.74, 6) is -0.0775. The molecule has 30 heavy (non-hydrogen) atoms. The van der Waals surface area contributed by atoms with Crippen molar-refractivity contribution in [3.8, 4) is 17.1 Å². The van der Waals surface area contributed by atoms with Gasteiger partial charge in [0.2, 0.25) is 5.82 Å². The zero-order valence-electron chi connectivity index (χ0n) is 16.0. The summed E-state index contributed by atoms with van der Waals surface area (Å²) in [6, 6.07) is 22.9. The van der Waals surface area contributed by atoms with E-state index in [2.05, 4.69) is 15.4 Å². The van der Waals surface area contributed by atoms with Crippen molar-refractivity contribution < 1.29 is 9.72 Å². The fourth-order valence-corrected chi connectivity index (χ4v) is 3.01. The number of non-ortho nitro benzene ring substituents is 1. The fourth-order valence-electron chi connectivity index (χ4n) is 3.01. The number of nitrogens with one attached hydrogen (secondary N) is 1. The maximum absolute atomic E-state index is 12.8. The molecule has 0 spiro atoms. The summed E-state index contributed by atoms with van der Waals surface area (Å²) >= 11 is 0. The lowest BCUT2D eigenvalue weighted by molar-refractivity contribution is -0.384. The maximum Gasteiger partial charge on any atom is 0.295 e. The molecule has 1 heterocycles. The second kappa shape index (κ2) is 7.96. The molecule has 0 aliphatic heterocycles. The van der Waals surface area contributed by atoms with Crippen molar-refractivity contribution in [3.05, 3.63) is 100 Å². The predicted molar refractivity (Wildman–Crippen MR) is 113 cm³/mol. The average molecular weight is 399 g/mol. The van der Waals surface area contributed by atoms with E-state index in [0.29, 0.717) is 11.5 Å². The Hall–Kier alpha value is -4.33. The zero-order chi connectivity index (χ0) is 21.1. The summed E-state index contributed by atoms with van der Waals surface area (Å²) in [5, 5.41) is 18.0. The molecule has 0 bridgehead atoms. The maximum atomic E-state index is 12.8. The van der Waals surface area contributed by atoms with Gasteiger partial charge in [0.15, 0.2) is 5.82 Å². The zero-order valence-corrected chi connectivity index (χ0v) is 16.0. The van der Waals surface area contributed by atoms with Crippen LogP contribution in [0.2, 0.25) is 0 Å². The van der Waals surface area contributed by atoms with Crippen LogP contribution in [0.3, 0.4) is 0 Å². The Morgan fingerprint density at radius 3 is 2.50 bits per heavy atom. The molecular weight excluding hydrogens is 382 g/mol. The molecule has 1 amide bonds. The first-order valence-electron chi connectivity index (χ1n) is 9.16. The summed E-state index contributed by atoms with van der Waals surface area (Å²) in [6.45, 7) is 1.97. The van der Waals surface area contributed by atoms with Crippen molar-refractivity contribution >= 4 is 17.3 Å². The Bertz CT molecular complexity index is 1230. The van der Waals surface area contributed by atoms with Crippen LogP contribution in [0.4, 0.5) is 11.4 Å². The van der Waals surface area contributed by atoms with E-state index in [1.807, 2.05) is 61.5 Å². The number of amides is 1. The van der Waals surface area contributed by atoms with Gasteiger partial charge >= 0.3 is 0 Å². The fraction of sp³-hybridized carbons (Fsp3) is 0.0455. The predicted octanol–water partition coefficient (Wildman–Crippen LogP) is 4.40. The summed E-state index contributed by atoms with van der Waals surface area (Å²) in [6.07, 6.45) is 0. The standard InChI is InChI=1S/C22H17N5O3/c1-15-7-5-11-18(13-15)26-21(16-8-3-2-4-9-16)24-20(25-26)22(28)23-17-10-6-12-19(14-17)27(29)30/h2-14H,1H3,(H,23,28). The van der Waals surface area contributed by atoms with Crippen molar-refractivity contribution in [2.24, 2.45) is 0 Å². The van der Waals surface area contributed by atoms with Crippen LogP contribution in [0, 0.1) is 17.0 Å². The molecule has 4 rings (SSSR count). The lowest BCUT2D eigenvalue weighted by Gasteiger charge is -2.06. The molecule has 4 aromatic rings. The summed E-state index contributed by atoms with van der Waals surface area (Å²) in [7, 11) is 0. The van der Waals surface area contributed by atoms with Crippen LogP contribution < -0.4 is 5.32 Å². The number of rotatable bonds is 5. The van der Waals surface area contributed by atoms with Gasteiger partial charge in [-0.05, 0) is 30.7 Å². The second-order valence-electron chi connectivity index (χ2n) is 6.64. The number of nitro benzene ring substituents is 1. The Morgan fingerprint density at radius 2 is 1.77 bits per heavy atom. The molecule has 3 aromatic carbocycles. The van der Waals surface area contributed by atoms with Crippen LogP contribution >= 0.6 is 0 Å². The molecule has 0 unspecified atom stereocenters. The van der Waals surface area contributed by atoms with E-state index < -0.39 is 10.8 Å². The molecule has 0 aliphatic rings. The number of carbonyl (C=O) groups is 1. The lowest BCUT2D eigenvalue weighted by Crippen LogP contribution is -2.14. The normalized spacial score (nSPS) is 10.6. The molecule has 148 valence electrons. The molecule has 1 aromatic heterocycles.